The van der Waals surface area contributed by atoms with Gasteiger partial charge in [-0.2, -0.15) is 0 Å². The van der Waals surface area contributed by atoms with Gasteiger partial charge < -0.3 is 13.9 Å². The molecule has 0 saturated carbocycles. The molecule has 1 aliphatic rings. The molecule has 0 atom stereocenters. The SMILES string of the molecule is CCOC(=O)Nc1ccc2c(COC(=O)c3c4c(nc5ccccc35)CCCC4)cc(=O)oc2c1. The van der Waals surface area contributed by atoms with Crippen LogP contribution in [0.1, 0.15) is 46.9 Å². The highest BCUT2D eigenvalue weighted by Crippen LogP contribution is 2.30. The fourth-order valence-electron chi connectivity index (χ4n) is 4.53. The number of ether oxygens (including phenoxy) is 2. The van der Waals surface area contributed by atoms with Crippen LogP contribution in [0.4, 0.5) is 10.5 Å². The first kappa shape index (κ1) is 22.6. The van der Waals surface area contributed by atoms with Crippen LogP contribution in [0.5, 0.6) is 0 Å². The molecule has 5 rings (SSSR count). The van der Waals surface area contributed by atoms with E-state index in [4.69, 9.17) is 18.9 Å². The van der Waals surface area contributed by atoms with E-state index in [2.05, 4.69) is 5.32 Å². The van der Waals surface area contributed by atoms with E-state index in [1.165, 1.54) is 12.1 Å². The van der Waals surface area contributed by atoms with Crippen LogP contribution in [0.15, 0.2) is 57.7 Å². The van der Waals surface area contributed by atoms with Gasteiger partial charge in [0.1, 0.15) is 12.2 Å². The molecule has 178 valence electrons. The van der Waals surface area contributed by atoms with Crippen LogP contribution < -0.4 is 10.9 Å². The van der Waals surface area contributed by atoms with E-state index < -0.39 is 17.7 Å². The Morgan fingerprint density at radius 1 is 1.03 bits per heavy atom. The fourth-order valence-corrected chi connectivity index (χ4v) is 4.53. The van der Waals surface area contributed by atoms with Gasteiger partial charge in [0.2, 0.25) is 0 Å². The third kappa shape index (κ3) is 4.59. The number of fused-ring (bicyclic) bond motifs is 3. The topological polar surface area (TPSA) is 108 Å². The second-order valence-corrected chi connectivity index (χ2v) is 8.36. The molecule has 8 nitrogen and oxygen atoms in total. The summed E-state index contributed by atoms with van der Waals surface area (Å²) in [7, 11) is 0. The van der Waals surface area contributed by atoms with Crippen LogP contribution in [0.3, 0.4) is 0 Å². The van der Waals surface area contributed by atoms with Crippen LogP contribution >= 0.6 is 0 Å². The average Bonchev–Trinajstić information content (AvgIpc) is 2.85. The Kier molecular flexibility index (Phi) is 6.18. The summed E-state index contributed by atoms with van der Waals surface area (Å²) in [6.45, 7) is 1.84. The number of amides is 1. The van der Waals surface area contributed by atoms with Gasteiger partial charge in [0.15, 0.2) is 0 Å². The van der Waals surface area contributed by atoms with Crippen molar-refractivity contribution < 1.29 is 23.5 Å². The maximum absolute atomic E-state index is 13.3. The summed E-state index contributed by atoms with van der Waals surface area (Å²) in [5.74, 6) is -0.441. The molecule has 1 aliphatic carbocycles. The molecule has 35 heavy (non-hydrogen) atoms. The van der Waals surface area contributed by atoms with E-state index >= 15 is 0 Å². The number of para-hydroxylation sites is 1. The second-order valence-electron chi connectivity index (χ2n) is 8.36. The number of rotatable bonds is 5. The number of aryl methyl sites for hydroxylation is 1. The van der Waals surface area contributed by atoms with Crippen molar-refractivity contribution in [1.82, 2.24) is 4.98 Å². The minimum atomic E-state index is -0.604. The Labute approximate surface area is 200 Å². The minimum Gasteiger partial charge on any atom is -0.457 e. The molecule has 0 saturated heterocycles. The van der Waals surface area contributed by atoms with Crippen LogP contribution in [-0.2, 0) is 28.9 Å². The lowest BCUT2D eigenvalue weighted by molar-refractivity contribution is 0.0474. The van der Waals surface area contributed by atoms with Gasteiger partial charge in [-0.15, -0.1) is 0 Å². The van der Waals surface area contributed by atoms with Gasteiger partial charge in [-0.25, -0.2) is 14.4 Å². The highest BCUT2D eigenvalue weighted by molar-refractivity contribution is 6.05. The molecule has 0 bridgehead atoms. The summed E-state index contributed by atoms with van der Waals surface area (Å²) in [4.78, 5) is 42.0. The van der Waals surface area contributed by atoms with E-state index in [0.717, 1.165) is 47.8 Å². The fraction of sp³-hybridized carbons (Fsp3) is 0.259. The predicted octanol–water partition coefficient (Wildman–Crippen LogP) is 5.15. The molecule has 2 heterocycles. The van der Waals surface area contributed by atoms with Gasteiger partial charge in [0.25, 0.3) is 0 Å². The lowest BCUT2D eigenvalue weighted by Gasteiger charge is -2.20. The summed E-state index contributed by atoms with van der Waals surface area (Å²) in [5, 5.41) is 3.95. The van der Waals surface area contributed by atoms with Crippen molar-refractivity contribution in [2.24, 2.45) is 0 Å². The first-order valence-electron chi connectivity index (χ1n) is 11.6. The Balaban J connectivity index is 1.45. The standard InChI is InChI=1S/C27H24N2O6/c1-2-33-27(32)28-17-11-12-18-16(13-24(30)35-23(18)14-17)15-34-26(31)25-19-7-3-5-9-21(19)29-22-10-6-4-8-20(22)25/h3,5,7,9,11-14H,2,4,6,8,10,15H2,1H3,(H,28,32). The number of carbonyl (C=O) groups is 2. The van der Waals surface area contributed by atoms with Crippen molar-refractivity contribution in [3.8, 4) is 0 Å². The van der Waals surface area contributed by atoms with Crippen molar-refractivity contribution >= 4 is 39.6 Å². The molecule has 1 N–H and O–H groups in total. The molecule has 2 aromatic heterocycles. The number of pyridine rings is 1. The Hall–Kier alpha value is -4.20. The van der Waals surface area contributed by atoms with Crippen LogP contribution in [0.2, 0.25) is 0 Å². The maximum Gasteiger partial charge on any atom is 0.411 e. The molecule has 0 unspecified atom stereocenters. The van der Waals surface area contributed by atoms with Gasteiger partial charge >= 0.3 is 17.7 Å². The van der Waals surface area contributed by atoms with Crippen molar-refractivity contribution in [2.45, 2.75) is 39.2 Å². The van der Waals surface area contributed by atoms with Gasteiger partial charge in [0, 0.05) is 39.8 Å². The predicted molar refractivity (Wildman–Crippen MR) is 131 cm³/mol. The molecule has 1 amide bonds. The smallest absolute Gasteiger partial charge is 0.411 e. The van der Waals surface area contributed by atoms with E-state index in [1.54, 1.807) is 19.1 Å². The molecule has 0 aliphatic heterocycles. The Morgan fingerprint density at radius 2 is 1.86 bits per heavy atom. The van der Waals surface area contributed by atoms with Gasteiger partial charge in [-0.3, -0.25) is 10.3 Å². The van der Waals surface area contributed by atoms with Crippen molar-refractivity contribution in [1.29, 1.82) is 0 Å². The number of benzene rings is 2. The van der Waals surface area contributed by atoms with Crippen LogP contribution in [0, 0.1) is 0 Å². The molecular weight excluding hydrogens is 448 g/mol. The molecule has 0 spiro atoms. The second kappa shape index (κ2) is 9.58. The normalized spacial score (nSPS) is 12.8. The lowest BCUT2D eigenvalue weighted by atomic mass is 9.90. The molecule has 0 radical (unpaired) electrons. The number of aromatic nitrogens is 1. The third-order valence-electron chi connectivity index (χ3n) is 6.08. The third-order valence-corrected chi connectivity index (χ3v) is 6.08. The lowest BCUT2D eigenvalue weighted by Crippen LogP contribution is -2.16. The zero-order valence-electron chi connectivity index (χ0n) is 19.3. The van der Waals surface area contributed by atoms with Crippen LogP contribution in [-0.4, -0.2) is 23.7 Å². The van der Waals surface area contributed by atoms with Gasteiger partial charge in [-0.05, 0) is 56.4 Å². The highest BCUT2D eigenvalue weighted by atomic mass is 16.5. The first-order valence-corrected chi connectivity index (χ1v) is 11.6. The number of nitrogens with zero attached hydrogens (tertiary/aromatic N) is 1. The monoisotopic (exact) mass is 472 g/mol. The van der Waals surface area contributed by atoms with Crippen molar-refractivity contribution in [3.63, 3.8) is 0 Å². The largest absolute Gasteiger partial charge is 0.457 e. The number of carbonyl (C=O) groups excluding carboxylic acids is 2. The quantitative estimate of drug-likeness (QED) is 0.316. The number of hydrogen-bond acceptors (Lipinski definition) is 7. The summed E-state index contributed by atoms with van der Waals surface area (Å²) in [5.41, 5.74) is 3.85. The van der Waals surface area contributed by atoms with Crippen LogP contribution in [0.25, 0.3) is 21.9 Å². The van der Waals surface area contributed by atoms with E-state index in [9.17, 15) is 14.4 Å². The Morgan fingerprint density at radius 3 is 2.71 bits per heavy atom. The molecular formula is C27H24N2O6. The van der Waals surface area contributed by atoms with Gasteiger partial charge in [-0.1, -0.05) is 18.2 Å². The van der Waals surface area contributed by atoms with E-state index in [0.29, 0.717) is 22.2 Å². The first-order chi connectivity index (χ1) is 17.0. The van der Waals surface area contributed by atoms with Gasteiger partial charge in [0.05, 0.1) is 17.7 Å². The average molecular weight is 472 g/mol. The van der Waals surface area contributed by atoms with E-state index in [1.807, 2.05) is 24.3 Å². The zero-order valence-corrected chi connectivity index (χ0v) is 19.3. The molecule has 4 aromatic rings. The Bertz CT molecular complexity index is 1510. The molecule has 2 aromatic carbocycles. The minimum absolute atomic E-state index is 0.100. The number of anilines is 1. The maximum atomic E-state index is 13.3. The zero-order chi connectivity index (χ0) is 24.4. The number of hydrogen-bond donors (Lipinski definition) is 1. The highest BCUT2D eigenvalue weighted by Gasteiger charge is 2.24. The molecule has 0 fully saturated rings. The van der Waals surface area contributed by atoms with Crippen molar-refractivity contribution in [3.05, 3.63) is 81.3 Å². The van der Waals surface area contributed by atoms with E-state index in [-0.39, 0.29) is 18.8 Å². The number of nitrogens with one attached hydrogen (secondary N) is 1. The van der Waals surface area contributed by atoms with Crippen molar-refractivity contribution in [2.75, 3.05) is 11.9 Å². The molecule has 8 heteroatoms. The summed E-state index contributed by atoms with van der Waals surface area (Å²) >= 11 is 0. The number of esters is 1. The summed E-state index contributed by atoms with van der Waals surface area (Å²) in [6.07, 6.45) is 3.07. The summed E-state index contributed by atoms with van der Waals surface area (Å²) < 4.78 is 15.9. The summed E-state index contributed by atoms with van der Waals surface area (Å²) in [6, 6.07) is 13.8.